The van der Waals surface area contributed by atoms with Crippen LogP contribution in [0, 0.1) is 6.92 Å². The van der Waals surface area contributed by atoms with E-state index in [1.807, 2.05) is 80.5 Å². The van der Waals surface area contributed by atoms with Crippen LogP contribution in [0.5, 0.6) is 0 Å². The molecular weight excluding hydrogens is 338 g/mol. The highest BCUT2D eigenvalue weighted by molar-refractivity contribution is 5.83. The Morgan fingerprint density at radius 1 is 1.11 bits per heavy atom. The van der Waals surface area contributed by atoms with Crippen molar-refractivity contribution < 1.29 is 4.79 Å². The second-order valence-electron chi connectivity index (χ2n) is 7.03. The highest BCUT2D eigenvalue weighted by atomic mass is 16.2. The fourth-order valence-electron chi connectivity index (χ4n) is 3.28. The van der Waals surface area contributed by atoms with E-state index < -0.39 is 0 Å². The molecule has 0 aliphatic rings. The van der Waals surface area contributed by atoms with Crippen molar-refractivity contribution in [1.29, 1.82) is 0 Å². The van der Waals surface area contributed by atoms with Crippen molar-refractivity contribution in [1.82, 2.24) is 15.2 Å². The summed E-state index contributed by atoms with van der Waals surface area (Å²) in [5.41, 5.74) is 3.46. The smallest absolute Gasteiger partial charge is 0.251 e. The standard InChI is InChI=1S/C22H25N3O2/c1-15-9-10-17-14-18(21(26)24-19(17)13-15)11-12-23-22(27)20(25(2)3)16-7-5-4-6-8-16/h4-10,13-14,20H,11-12H2,1-3H3,(H,23,27)(H,24,26). The Morgan fingerprint density at radius 2 is 1.85 bits per heavy atom. The maximum Gasteiger partial charge on any atom is 0.251 e. The summed E-state index contributed by atoms with van der Waals surface area (Å²) in [6.45, 7) is 2.41. The number of carbonyl (C=O) groups excluding carboxylic acids is 1. The topological polar surface area (TPSA) is 65.2 Å². The van der Waals surface area contributed by atoms with E-state index in [1.54, 1.807) is 0 Å². The summed E-state index contributed by atoms with van der Waals surface area (Å²) >= 11 is 0. The van der Waals surface area contributed by atoms with E-state index in [0.29, 0.717) is 18.5 Å². The van der Waals surface area contributed by atoms with Gasteiger partial charge < -0.3 is 10.3 Å². The number of hydrogen-bond acceptors (Lipinski definition) is 3. The number of nitrogens with one attached hydrogen (secondary N) is 2. The van der Waals surface area contributed by atoms with E-state index in [0.717, 1.165) is 22.0 Å². The highest BCUT2D eigenvalue weighted by Crippen LogP contribution is 2.18. The predicted molar refractivity (Wildman–Crippen MR) is 109 cm³/mol. The summed E-state index contributed by atoms with van der Waals surface area (Å²) in [6.07, 6.45) is 0.486. The van der Waals surface area contributed by atoms with Gasteiger partial charge in [0, 0.05) is 17.6 Å². The van der Waals surface area contributed by atoms with Gasteiger partial charge >= 0.3 is 0 Å². The zero-order valence-electron chi connectivity index (χ0n) is 16.0. The number of rotatable bonds is 6. The third-order valence-corrected chi connectivity index (χ3v) is 4.65. The first-order chi connectivity index (χ1) is 13.0. The number of H-pyrrole nitrogens is 1. The van der Waals surface area contributed by atoms with Crippen LogP contribution in [0.15, 0.2) is 59.4 Å². The monoisotopic (exact) mass is 363 g/mol. The van der Waals surface area contributed by atoms with Crippen LogP contribution < -0.4 is 10.9 Å². The van der Waals surface area contributed by atoms with Crippen LogP contribution in [0.4, 0.5) is 0 Å². The first-order valence-corrected chi connectivity index (χ1v) is 9.07. The maximum atomic E-state index is 12.7. The first kappa shape index (κ1) is 18.9. The molecular formula is C22H25N3O2. The lowest BCUT2D eigenvalue weighted by Crippen LogP contribution is -2.38. The number of nitrogens with zero attached hydrogens (tertiary/aromatic N) is 1. The molecule has 0 aliphatic heterocycles. The van der Waals surface area contributed by atoms with Crippen molar-refractivity contribution in [3.63, 3.8) is 0 Å². The number of benzene rings is 2. The normalized spacial score (nSPS) is 12.3. The molecule has 0 fully saturated rings. The van der Waals surface area contributed by atoms with Crippen molar-refractivity contribution in [3.05, 3.63) is 81.6 Å². The minimum Gasteiger partial charge on any atom is -0.354 e. The molecule has 1 atom stereocenters. The van der Waals surface area contributed by atoms with Crippen molar-refractivity contribution in [2.24, 2.45) is 0 Å². The highest BCUT2D eigenvalue weighted by Gasteiger charge is 2.22. The van der Waals surface area contributed by atoms with Crippen molar-refractivity contribution in [2.45, 2.75) is 19.4 Å². The third-order valence-electron chi connectivity index (χ3n) is 4.65. The van der Waals surface area contributed by atoms with Crippen molar-refractivity contribution in [3.8, 4) is 0 Å². The van der Waals surface area contributed by atoms with Crippen LogP contribution in [0.25, 0.3) is 10.9 Å². The molecule has 27 heavy (non-hydrogen) atoms. The van der Waals surface area contributed by atoms with Gasteiger partial charge in [-0.1, -0.05) is 42.5 Å². The molecule has 0 spiro atoms. The van der Waals surface area contributed by atoms with E-state index in [9.17, 15) is 9.59 Å². The van der Waals surface area contributed by atoms with E-state index in [1.165, 1.54) is 0 Å². The second-order valence-corrected chi connectivity index (χ2v) is 7.03. The molecule has 5 heteroatoms. The molecule has 1 heterocycles. The van der Waals surface area contributed by atoms with Crippen LogP contribution in [-0.4, -0.2) is 36.4 Å². The zero-order chi connectivity index (χ0) is 19.4. The summed E-state index contributed by atoms with van der Waals surface area (Å²) < 4.78 is 0. The quantitative estimate of drug-likeness (QED) is 0.708. The number of likely N-dealkylation sites (N-methyl/N-ethyl adjacent to an activating group) is 1. The summed E-state index contributed by atoms with van der Waals surface area (Å²) in [7, 11) is 3.76. The fourth-order valence-corrected chi connectivity index (χ4v) is 3.28. The van der Waals surface area contributed by atoms with Crippen molar-refractivity contribution in [2.75, 3.05) is 20.6 Å². The van der Waals surface area contributed by atoms with Crippen LogP contribution >= 0.6 is 0 Å². The lowest BCUT2D eigenvalue weighted by Gasteiger charge is -2.23. The van der Waals surface area contributed by atoms with Gasteiger partial charge in [-0.2, -0.15) is 0 Å². The number of carbonyl (C=O) groups is 1. The molecule has 5 nitrogen and oxygen atoms in total. The summed E-state index contributed by atoms with van der Waals surface area (Å²) in [5, 5.41) is 3.96. The maximum absolute atomic E-state index is 12.7. The van der Waals surface area contributed by atoms with E-state index in [-0.39, 0.29) is 17.5 Å². The van der Waals surface area contributed by atoms with Gasteiger partial charge in [0.05, 0.1) is 0 Å². The SMILES string of the molecule is Cc1ccc2cc(CCNC(=O)C(c3ccccc3)N(C)C)c(=O)[nH]c2c1. The van der Waals surface area contributed by atoms with Gasteiger partial charge in [0.25, 0.3) is 5.56 Å². The number of fused-ring (bicyclic) bond motifs is 1. The molecule has 1 amide bonds. The van der Waals surface area contributed by atoms with Crippen LogP contribution in [0.1, 0.15) is 22.7 Å². The molecule has 0 saturated carbocycles. The Hall–Kier alpha value is -2.92. The average molecular weight is 363 g/mol. The van der Waals surface area contributed by atoms with Gasteiger partial charge in [0.1, 0.15) is 6.04 Å². The number of pyridine rings is 1. The second kappa shape index (κ2) is 8.18. The fraction of sp³-hybridized carbons (Fsp3) is 0.273. The van der Waals surface area contributed by atoms with E-state index in [4.69, 9.17) is 0 Å². The van der Waals surface area contributed by atoms with Crippen LogP contribution in [-0.2, 0) is 11.2 Å². The number of amides is 1. The summed E-state index contributed by atoms with van der Waals surface area (Å²) in [5.74, 6) is -0.0703. The first-order valence-electron chi connectivity index (χ1n) is 9.07. The molecule has 140 valence electrons. The number of aryl methyl sites for hydroxylation is 1. The van der Waals surface area contributed by atoms with Gasteiger partial charge in [-0.05, 0) is 56.1 Å². The summed E-state index contributed by atoms with van der Waals surface area (Å²) in [4.78, 5) is 29.8. The molecule has 3 rings (SSSR count). The van der Waals surface area contributed by atoms with Gasteiger partial charge in [0.2, 0.25) is 5.91 Å². The number of aromatic amines is 1. The minimum absolute atomic E-state index is 0.0703. The van der Waals surface area contributed by atoms with E-state index in [2.05, 4.69) is 10.3 Å². The average Bonchev–Trinajstić information content (AvgIpc) is 2.63. The van der Waals surface area contributed by atoms with E-state index >= 15 is 0 Å². The molecule has 2 N–H and O–H groups in total. The van der Waals surface area contributed by atoms with Gasteiger partial charge in [0.15, 0.2) is 0 Å². The third kappa shape index (κ3) is 4.44. The Kier molecular flexibility index (Phi) is 5.72. The van der Waals surface area contributed by atoms with Gasteiger partial charge in [-0.25, -0.2) is 0 Å². The predicted octanol–water partition coefficient (Wildman–Crippen LogP) is 2.80. The molecule has 0 saturated heterocycles. The number of aromatic nitrogens is 1. The minimum atomic E-state index is -0.357. The molecule has 0 bridgehead atoms. The van der Waals surface area contributed by atoms with Crippen molar-refractivity contribution >= 4 is 16.8 Å². The van der Waals surface area contributed by atoms with Crippen LogP contribution in [0.2, 0.25) is 0 Å². The summed E-state index contributed by atoms with van der Waals surface area (Å²) in [6, 6.07) is 17.2. The lowest BCUT2D eigenvalue weighted by atomic mass is 10.0. The lowest BCUT2D eigenvalue weighted by molar-refractivity contribution is -0.125. The Balaban J connectivity index is 1.69. The van der Waals surface area contributed by atoms with Gasteiger partial charge in [-0.3, -0.25) is 14.5 Å². The van der Waals surface area contributed by atoms with Crippen LogP contribution in [0.3, 0.4) is 0 Å². The molecule has 2 aromatic carbocycles. The molecule has 0 aliphatic carbocycles. The Bertz CT molecular complexity index is 993. The molecule has 3 aromatic rings. The zero-order valence-corrected chi connectivity index (χ0v) is 16.0. The largest absolute Gasteiger partial charge is 0.354 e. The molecule has 1 unspecified atom stereocenters. The molecule has 0 radical (unpaired) electrons. The Morgan fingerprint density at radius 3 is 2.56 bits per heavy atom. The molecule has 1 aromatic heterocycles. The number of hydrogen-bond donors (Lipinski definition) is 2. The van der Waals surface area contributed by atoms with Gasteiger partial charge in [-0.15, -0.1) is 0 Å². The Labute approximate surface area is 159 Å².